The number of methoxy groups -OCH3 is 2. The maximum Gasteiger partial charge on any atom is 0.204 e. The van der Waals surface area contributed by atoms with E-state index in [4.69, 9.17) is 9.47 Å². The van der Waals surface area contributed by atoms with Crippen LogP contribution in [0.3, 0.4) is 0 Å². The van der Waals surface area contributed by atoms with Crippen LogP contribution < -0.4 is 15.4 Å². The van der Waals surface area contributed by atoms with Crippen LogP contribution in [-0.2, 0) is 20.7 Å². The van der Waals surface area contributed by atoms with Gasteiger partial charge in [-0.05, 0) is 54.8 Å². The van der Waals surface area contributed by atoms with Crippen LogP contribution in [-0.4, -0.2) is 51.9 Å². The van der Waals surface area contributed by atoms with Gasteiger partial charge in [-0.1, -0.05) is 0 Å². The van der Waals surface area contributed by atoms with Gasteiger partial charge in [0, 0.05) is 55.0 Å². The zero-order valence-electron chi connectivity index (χ0n) is 21.0. The Labute approximate surface area is 219 Å². The number of nitrogens with one attached hydrogen (secondary N) is 2. The van der Waals surface area contributed by atoms with E-state index in [-0.39, 0.29) is 23.0 Å². The predicted octanol–water partition coefficient (Wildman–Crippen LogP) is 3.85. The summed E-state index contributed by atoms with van der Waals surface area (Å²) < 4.78 is 12.6. The number of rotatable bonds is 10. The van der Waals surface area contributed by atoms with Gasteiger partial charge >= 0.3 is 0 Å². The van der Waals surface area contributed by atoms with Crippen LogP contribution in [0.25, 0.3) is 16.6 Å². The third kappa shape index (κ3) is 5.30. The molecule has 2 N–H and O–H groups in total. The summed E-state index contributed by atoms with van der Waals surface area (Å²) in [5, 5.41) is 6.72. The topological polar surface area (TPSA) is 120 Å². The van der Waals surface area contributed by atoms with Gasteiger partial charge in [0.2, 0.25) is 11.6 Å². The van der Waals surface area contributed by atoms with Crippen LogP contribution in [0, 0.1) is 0 Å². The van der Waals surface area contributed by atoms with Crippen molar-refractivity contribution < 1.29 is 19.1 Å². The maximum absolute atomic E-state index is 12.9. The Morgan fingerprint density at radius 2 is 1.71 bits per heavy atom. The molecule has 2 heterocycles. The summed E-state index contributed by atoms with van der Waals surface area (Å²) in [6.07, 6.45) is 10.8. The second-order valence-electron chi connectivity index (χ2n) is 8.61. The first-order valence-corrected chi connectivity index (χ1v) is 12.0. The number of hydrogen-bond donors (Lipinski definition) is 2. The van der Waals surface area contributed by atoms with Gasteiger partial charge in [0.15, 0.2) is 0 Å². The number of carbonyl (C=O) groups is 2. The molecule has 0 saturated carbocycles. The van der Waals surface area contributed by atoms with E-state index in [1.54, 1.807) is 26.7 Å². The first kappa shape index (κ1) is 24.8. The molecule has 0 fully saturated rings. The number of carbonyl (C=O) groups excluding carboxylic acids is 2. The fourth-order valence-corrected chi connectivity index (χ4v) is 4.19. The van der Waals surface area contributed by atoms with Crippen LogP contribution in [0.2, 0.25) is 0 Å². The van der Waals surface area contributed by atoms with E-state index < -0.39 is 0 Å². The van der Waals surface area contributed by atoms with Crippen LogP contribution >= 0.6 is 0 Å². The highest BCUT2D eigenvalue weighted by atomic mass is 16.5. The molecule has 10 nitrogen and oxygen atoms in total. The van der Waals surface area contributed by atoms with E-state index in [1.807, 2.05) is 47.2 Å². The Bertz CT molecular complexity index is 1540. The molecule has 2 aromatic carbocycles. The van der Waals surface area contributed by atoms with Gasteiger partial charge in [0.25, 0.3) is 0 Å². The first-order valence-electron chi connectivity index (χ1n) is 12.0. The third-order valence-corrected chi connectivity index (χ3v) is 6.12. The molecule has 0 bridgehead atoms. The lowest BCUT2D eigenvalue weighted by Gasteiger charge is -2.17. The lowest BCUT2D eigenvalue weighted by atomic mass is 10.0. The van der Waals surface area contributed by atoms with E-state index in [1.165, 1.54) is 18.5 Å². The van der Waals surface area contributed by atoms with Crippen molar-refractivity contribution in [2.45, 2.75) is 12.8 Å². The highest BCUT2D eigenvalue weighted by molar-refractivity contribution is 6.22. The van der Waals surface area contributed by atoms with Crippen molar-refractivity contribution in [3.63, 3.8) is 0 Å². The Balaban J connectivity index is 1.33. The van der Waals surface area contributed by atoms with E-state index in [9.17, 15) is 9.59 Å². The van der Waals surface area contributed by atoms with Crippen molar-refractivity contribution >= 4 is 34.0 Å². The van der Waals surface area contributed by atoms with E-state index >= 15 is 0 Å². The molecule has 4 aromatic rings. The predicted molar refractivity (Wildman–Crippen MR) is 143 cm³/mol. The lowest BCUT2D eigenvalue weighted by molar-refractivity contribution is -0.115. The van der Waals surface area contributed by atoms with Crippen molar-refractivity contribution in [2.75, 3.05) is 31.5 Å². The summed E-state index contributed by atoms with van der Waals surface area (Å²) in [4.78, 5) is 38.5. The van der Waals surface area contributed by atoms with Crippen molar-refractivity contribution in [3.8, 4) is 11.4 Å². The monoisotopic (exact) mass is 510 g/mol. The smallest absolute Gasteiger partial charge is 0.204 e. The number of anilines is 2. The summed E-state index contributed by atoms with van der Waals surface area (Å²) in [6.45, 7) is 0.642. The number of ketones is 2. The molecule has 0 amide bonds. The number of hydrogen-bond acceptors (Lipinski definition) is 9. The maximum atomic E-state index is 12.9. The van der Waals surface area contributed by atoms with Crippen molar-refractivity contribution in [1.29, 1.82) is 0 Å². The standard InChI is InChI=1S/C28H26N6O4/c1-37-11-3-4-18-12-22-21(13-27(18)38-2)28(31-16-30-22)33-24-15-25(35)23(14-26(24)36)32-19-5-7-20(8-6-19)34-10-9-29-17-34/h5-10,12-17,32H,3-4,11H2,1-2H3,(H,30,31,33). The molecule has 0 unspecified atom stereocenters. The number of aromatic nitrogens is 4. The molecular formula is C28H26N6O4. The molecule has 192 valence electrons. The highest BCUT2D eigenvalue weighted by Crippen LogP contribution is 2.30. The van der Waals surface area contributed by atoms with Gasteiger partial charge in [-0.15, -0.1) is 0 Å². The van der Waals surface area contributed by atoms with E-state index in [2.05, 4.69) is 25.6 Å². The number of benzene rings is 2. The third-order valence-electron chi connectivity index (χ3n) is 6.12. The minimum Gasteiger partial charge on any atom is -0.496 e. The molecule has 1 aliphatic carbocycles. The Morgan fingerprint density at radius 3 is 2.39 bits per heavy atom. The van der Waals surface area contributed by atoms with Gasteiger partial charge < -0.3 is 24.7 Å². The number of ether oxygens (including phenoxy) is 2. The molecule has 0 saturated heterocycles. The summed E-state index contributed by atoms with van der Waals surface area (Å²) in [6, 6.07) is 11.2. The molecule has 0 aliphatic heterocycles. The quantitative estimate of drug-likeness (QED) is 0.242. The van der Waals surface area contributed by atoms with Crippen LogP contribution in [0.4, 0.5) is 11.5 Å². The number of nitrogens with zero attached hydrogens (tertiary/aromatic N) is 4. The first-order chi connectivity index (χ1) is 18.6. The summed E-state index contributed by atoms with van der Waals surface area (Å²) in [7, 11) is 3.28. The fourth-order valence-electron chi connectivity index (χ4n) is 4.19. The minimum atomic E-state index is -0.350. The normalized spacial score (nSPS) is 13.3. The zero-order valence-corrected chi connectivity index (χ0v) is 21.0. The minimum absolute atomic E-state index is 0.124. The average molecular weight is 511 g/mol. The molecule has 0 atom stereocenters. The second-order valence-corrected chi connectivity index (χ2v) is 8.61. The second kappa shape index (κ2) is 11.1. The Morgan fingerprint density at radius 1 is 0.947 bits per heavy atom. The molecule has 10 heteroatoms. The molecule has 5 rings (SSSR count). The van der Waals surface area contributed by atoms with Gasteiger partial charge in [-0.25, -0.2) is 15.0 Å². The van der Waals surface area contributed by atoms with Gasteiger partial charge in [0.1, 0.15) is 17.9 Å². The van der Waals surface area contributed by atoms with E-state index in [0.717, 1.165) is 24.1 Å². The number of imidazole rings is 1. The summed E-state index contributed by atoms with van der Waals surface area (Å²) in [5.41, 5.74) is 3.62. The van der Waals surface area contributed by atoms with Crippen LogP contribution in [0.1, 0.15) is 12.0 Å². The van der Waals surface area contributed by atoms with Crippen LogP contribution in [0.15, 0.2) is 85.0 Å². The zero-order chi connectivity index (χ0) is 26.5. The molecule has 38 heavy (non-hydrogen) atoms. The van der Waals surface area contributed by atoms with Gasteiger partial charge in [-0.2, -0.15) is 0 Å². The average Bonchev–Trinajstić information content (AvgIpc) is 3.47. The van der Waals surface area contributed by atoms with Crippen LogP contribution in [0.5, 0.6) is 5.75 Å². The summed E-state index contributed by atoms with van der Waals surface area (Å²) >= 11 is 0. The molecule has 1 aliphatic rings. The Kier molecular flexibility index (Phi) is 7.23. The number of allylic oxidation sites excluding steroid dienone is 2. The molecule has 2 aromatic heterocycles. The lowest BCUT2D eigenvalue weighted by Crippen LogP contribution is -2.22. The molecule has 0 spiro atoms. The Hall–Kier alpha value is -4.83. The van der Waals surface area contributed by atoms with Gasteiger partial charge in [-0.3, -0.25) is 9.59 Å². The van der Waals surface area contributed by atoms with Crippen molar-refractivity contribution in [2.24, 2.45) is 0 Å². The number of fused-ring (bicyclic) bond motifs is 1. The van der Waals surface area contributed by atoms with Crippen molar-refractivity contribution in [1.82, 2.24) is 19.5 Å². The number of aryl methyl sites for hydroxylation is 1. The molecular weight excluding hydrogens is 484 g/mol. The highest BCUT2D eigenvalue weighted by Gasteiger charge is 2.22. The SMILES string of the molecule is COCCCc1cc2ncnc(NC3=CC(=O)C(Nc4ccc(-n5ccnc5)cc4)=CC3=O)c2cc1OC. The fraction of sp³-hybridized carbons (Fsp3) is 0.179. The molecule has 0 radical (unpaired) electrons. The summed E-state index contributed by atoms with van der Waals surface area (Å²) in [5.74, 6) is 0.417. The van der Waals surface area contributed by atoms with E-state index in [0.29, 0.717) is 34.8 Å². The largest absolute Gasteiger partial charge is 0.496 e. The van der Waals surface area contributed by atoms with Crippen molar-refractivity contribution in [3.05, 3.63) is 90.6 Å². The van der Waals surface area contributed by atoms with Gasteiger partial charge in [0.05, 0.1) is 30.3 Å².